The molecule has 1 atom stereocenters. The fourth-order valence-electron chi connectivity index (χ4n) is 1.99. The molecule has 0 spiro atoms. The van der Waals surface area contributed by atoms with Gasteiger partial charge in [-0.05, 0) is 13.0 Å². The molecule has 0 saturated heterocycles. The lowest BCUT2D eigenvalue weighted by atomic mass is 10.1. The number of ketones is 1. The Morgan fingerprint density at radius 1 is 1.37 bits per heavy atom. The van der Waals surface area contributed by atoms with E-state index in [1.165, 1.54) is 6.92 Å². The molecular formula is C14H16N2O3. The fourth-order valence-corrected chi connectivity index (χ4v) is 1.99. The lowest BCUT2D eigenvalue weighted by molar-refractivity contribution is -0.138. The molecule has 0 aliphatic rings. The van der Waals surface area contributed by atoms with E-state index in [4.69, 9.17) is 5.11 Å². The van der Waals surface area contributed by atoms with Crippen LogP contribution in [-0.2, 0) is 11.8 Å². The highest BCUT2D eigenvalue weighted by Gasteiger charge is 2.16. The number of para-hydroxylation sites is 1. The van der Waals surface area contributed by atoms with Gasteiger partial charge in [0.2, 0.25) is 0 Å². The molecule has 0 amide bonds. The predicted molar refractivity (Wildman–Crippen MR) is 72.4 cm³/mol. The molecule has 5 heteroatoms. The smallest absolute Gasteiger partial charge is 0.320 e. The molecule has 2 aromatic rings. The Bertz CT molecular complexity index is 631. The zero-order chi connectivity index (χ0) is 14.0. The Labute approximate surface area is 110 Å². The zero-order valence-electron chi connectivity index (χ0n) is 10.9. The number of aliphatic carboxylic acids is 1. The number of carboxylic acid groups (broad SMARTS) is 1. The van der Waals surface area contributed by atoms with Gasteiger partial charge in [-0.2, -0.15) is 0 Å². The van der Waals surface area contributed by atoms with Crippen LogP contribution in [0.25, 0.3) is 10.9 Å². The van der Waals surface area contributed by atoms with Gasteiger partial charge in [0, 0.05) is 29.7 Å². The van der Waals surface area contributed by atoms with E-state index in [0.717, 1.165) is 10.9 Å². The summed E-state index contributed by atoms with van der Waals surface area (Å²) in [4.78, 5) is 22.8. The Morgan fingerprint density at radius 2 is 2.05 bits per heavy atom. The van der Waals surface area contributed by atoms with Gasteiger partial charge in [0.05, 0.1) is 6.54 Å². The molecule has 19 heavy (non-hydrogen) atoms. The topological polar surface area (TPSA) is 71.3 Å². The van der Waals surface area contributed by atoms with E-state index in [-0.39, 0.29) is 12.3 Å². The number of Topliss-reactive ketones (excluding diaryl/α,β-unsaturated/α-hetero) is 1. The van der Waals surface area contributed by atoms with Gasteiger partial charge < -0.3 is 9.67 Å². The van der Waals surface area contributed by atoms with E-state index >= 15 is 0 Å². The van der Waals surface area contributed by atoms with Crippen molar-refractivity contribution in [2.45, 2.75) is 13.0 Å². The maximum atomic E-state index is 12.1. The first-order chi connectivity index (χ1) is 9.00. The second-order valence-electron chi connectivity index (χ2n) is 4.53. The maximum Gasteiger partial charge on any atom is 0.320 e. The number of benzene rings is 1. The first-order valence-corrected chi connectivity index (χ1v) is 6.04. The van der Waals surface area contributed by atoms with Crippen molar-refractivity contribution in [2.75, 3.05) is 6.54 Å². The SMILES string of the molecule is CC(NCC(=O)c1cn(C)c2ccccc12)C(=O)O. The van der Waals surface area contributed by atoms with Crippen LogP contribution in [0, 0.1) is 0 Å². The molecule has 0 radical (unpaired) electrons. The van der Waals surface area contributed by atoms with Gasteiger partial charge in [-0.1, -0.05) is 18.2 Å². The standard InChI is InChI=1S/C14H16N2O3/c1-9(14(18)19)15-7-13(17)11-8-16(2)12-6-4-3-5-10(11)12/h3-6,8-9,15H,7H2,1-2H3,(H,18,19). The number of hydrogen-bond acceptors (Lipinski definition) is 3. The van der Waals surface area contributed by atoms with E-state index < -0.39 is 12.0 Å². The Morgan fingerprint density at radius 3 is 2.74 bits per heavy atom. The third kappa shape index (κ3) is 2.66. The summed E-state index contributed by atoms with van der Waals surface area (Å²) in [6, 6.07) is 6.90. The molecule has 0 bridgehead atoms. The van der Waals surface area contributed by atoms with Crippen LogP contribution in [0.5, 0.6) is 0 Å². The van der Waals surface area contributed by atoms with Crippen molar-refractivity contribution in [1.29, 1.82) is 0 Å². The maximum absolute atomic E-state index is 12.1. The van der Waals surface area contributed by atoms with E-state index in [1.807, 2.05) is 35.9 Å². The van der Waals surface area contributed by atoms with Crippen molar-refractivity contribution >= 4 is 22.7 Å². The molecular weight excluding hydrogens is 244 g/mol. The molecule has 100 valence electrons. The lowest BCUT2D eigenvalue weighted by Crippen LogP contribution is -2.37. The third-order valence-corrected chi connectivity index (χ3v) is 3.14. The molecule has 0 fully saturated rings. The van der Waals surface area contributed by atoms with Crippen LogP contribution in [0.2, 0.25) is 0 Å². The van der Waals surface area contributed by atoms with Crippen molar-refractivity contribution < 1.29 is 14.7 Å². The highest BCUT2D eigenvalue weighted by Crippen LogP contribution is 2.20. The first kappa shape index (κ1) is 13.3. The van der Waals surface area contributed by atoms with Crippen molar-refractivity contribution in [2.24, 2.45) is 7.05 Å². The second kappa shape index (κ2) is 5.24. The summed E-state index contributed by atoms with van der Waals surface area (Å²) in [5, 5.41) is 12.3. The lowest BCUT2D eigenvalue weighted by Gasteiger charge is -2.07. The number of carbonyl (C=O) groups is 2. The summed E-state index contributed by atoms with van der Waals surface area (Å²) in [7, 11) is 1.88. The minimum Gasteiger partial charge on any atom is -0.480 e. The zero-order valence-corrected chi connectivity index (χ0v) is 10.9. The number of nitrogens with zero attached hydrogens (tertiary/aromatic N) is 1. The van der Waals surface area contributed by atoms with Crippen LogP contribution in [0.15, 0.2) is 30.5 Å². The quantitative estimate of drug-likeness (QED) is 0.798. The van der Waals surface area contributed by atoms with Crippen molar-refractivity contribution in [1.82, 2.24) is 9.88 Å². The average Bonchev–Trinajstić information content (AvgIpc) is 2.73. The van der Waals surface area contributed by atoms with Crippen LogP contribution < -0.4 is 5.32 Å². The number of hydrogen-bond donors (Lipinski definition) is 2. The van der Waals surface area contributed by atoms with Gasteiger partial charge in [-0.15, -0.1) is 0 Å². The van der Waals surface area contributed by atoms with E-state index in [1.54, 1.807) is 6.20 Å². The van der Waals surface area contributed by atoms with Gasteiger partial charge in [0.1, 0.15) is 6.04 Å². The number of carboxylic acids is 1. The molecule has 1 aromatic heterocycles. The molecule has 0 saturated carbocycles. The van der Waals surface area contributed by atoms with Crippen LogP contribution in [0.4, 0.5) is 0 Å². The second-order valence-corrected chi connectivity index (χ2v) is 4.53. The summed E-state index contributed by atoms with van der Waals surface area (Å²) in [5.41, 5.74) is 1.60. The Kier molecular flexibility index (Phi) is 3.66. The largest absolute Gasteiger partial charge is 0.480 e. The minimum atomic E-state index is -0.967. The normalized spacial score (nSPS) is 12.5. The van der Waals surface area contributed by atoms with Gasteiger partial charge in [0.25, 0.3) is 0 Å². The molecule has 1 unspecified atom stereocenters. The molecule has 1 heterocycles. The first-order valence-electron chi connectivity index (χ1n) is 6.04. The average molecular weight is 260 g/mol. The fraction of sp³-hybridized carbons (Fsp3) is 0.286. The Balaban J connectivity index is 2.20. The summed E-state index contributed by atoms with van der Waals surface area (Å²) in [6.07, 6.45) is 1.78. The molecule has 2 rings (SSSR count). The molecule has 1 aromatic carbocycles. The number of carbonyl (C=O) groups excluding carboxylic acids is 1. The van der Waals surface area contributed by atoms with Crippen molar-refractivity contribution in [3.8, 4) is 0 Å². The number of rotatable bonds is 5. The van der Waals surface area contributed by atoms with Crippen molar-refractivity contribution in [3.63, 3.8) is 0 Å². The monoisotopic (exact) mass is 260 g/mol. The minimum absolute atomic E-state index is 0.0154. The van der Waals surface area contributed by atoms with Crippen LogP contribution >= 0.6 is 0 Å². The summed E-state index contributed by atoms with van der Waals surface area (Å²) in [6.45, 7) is 1.53. The van der Waals surface area contributed by atoms with Gasteiger partial charge in [-0.3, -0.25) is 14.9 Å². The van der Waals surface area contributed by atoms with Crippen LogP contribution in [0.1, 0.15) is 17.3 Å². The summed E-state index contributed by atoms with van der Waals surface area (Å²) >= 11 is 0. The number of aryl methyl sites for hydroxylation is 1. The highest BCUT2D eigenvalue weighted by molar-refractivity contribution is 6.09. The van der Waals surface area contributed by atoms with Crippen molar-refractivity contribution in [3.05, 3.63) is 36.0 Å². The third-order valence-electron chi connectivity index (χ3n) is 3.14. The molecule has 0 aliphatic carbocycles. The predicted octanol–water partition coefficient (Wildman–Crippen LogP) is 1.42. The van der Waals surface area contributed by atoms with E-state index in [2.05, 4.69) is 5.32 Å². The number of aromatic nitrogens is 1. The highest BCUT2D eigenvalue weighted by atomic mass is 16.4. The number of nitrogens with one attached hydrogen (secondary N) is 1. The van der Waals surface area contributed by atoms with Crippen LogP contribution in [0.3, 0.4) is 0 Å². The molecule has 5 nitrogen and oxygen atoms in total. The molecule has 0 aliphatic heterocycles. The summed E-state index contributed by atoms with van der Waals surface area (Å²) in [5.74, 6) is -1.07. The van der Waals surface area contributed by atoms with Gasteiger partial charge in [-0.25, -0.2) is 0 Å². The van der Waals surface area contributed by atoms with E-state index in [9.17, 15) is 9.59 Å². The summed E-state index contributed by atoms with van der Waals surface area (Å²) < 4.78 is 1.89. The van der Waals surface area contributed by atoms with Gasteiger partial charge >= 0.3 is 5.97 Å². The molecule has 2 N–H and O–H groups in total. The van der Waals surface area contributed by atoms with Gasteiger partial charge in [0.15, 0.2) is 5.78 Å². The van der Waals surface area contributed by atoms with E-state index in [0.29, 0.717) is 5.56 Å². The number of fused-ring (bicyclic) bond motifs is 1. The Hall–Kier alpha value is -2.14. The van der Waals surface area contributed by atoms with Crippen LogP contribution in [-0.4, -0.2) is 34.0 Å².